The first-order valence-corrected chi connectivity index (χ1v) is 9.84. The lowest BCUT2D eigenvalue weighted by Gasteiger charge is -2.07. The Labute approximate surface area is 167 Å². The SMILES string of the molecule is Cc1ccccc1CSc1nnc(CNC(=O)c2ccc3c(c2)OCO3)n1C. The monoisotopic (exact) mass is 396 g/mol. The summed E-state index contributed by atoms with van der Waals surface area (Å²) in [5, 5.41) is 12.1. The maximum Gasteiger partial charge on any atom is 0.251 e. The summed E-state index contributed by atoms with van der Waals surface area (Å²) in [5.74, 6) is 2.56. The highest BCUT2D eigenvalue weighted by atomic mass is 32.2. The van der Waals surface area contributed by atoms with Gasteiger partial charge in [0.05, 0.1) is 6.54 Å². The summed E-state index contributed by atoms with van der Waals surface area (Å²) < 4.78 is 12.5. The third-order valence-electron chi connectivity index (χ3n) is 4.58. The van der Waals surface area contributed by atoms with Crippen molar-refractivity contribution in [2.45, 2.75) is 24.4 Å². The molecular formula is C20H20N4O3S. The summed E-state index contributed by atoms with van der Waals surface area (Å²) >= 11 is 1.63. The molecule has 1 N–H and O–H groups in total. The molecule has 1 aliphatic rings. The molecule has 8 heteroatoms. The van der Waals surface area contributed by atoms with Gasteiger partial charge in [0.25, 0.3) is 5.91 Å². The van der Waals surface area contributed by atoms with Gasteiger partial charge in [-0.1, -0.05) is 36.0 Å². The van der Waals surface area contributed by atoms with Gasteiger partial charge in [0.1, 0.15) is 0 Å². The van der Waals surface area contributed by atoms with Crippen LogP contribution in [0.5, 0.6) is 11.5 Å². The van der Waals surface area contributed by atoms with Crippen molar-refractivity contribution < 1.29 is 14.3 Å². The summed E-state index contributed by atoms with van der Waals surface area (Å²) in [4.78, 5) is 12.4. The van der Waals surface area contributed by atoms with Gasteiger partial charge in [-0.05, 0) is 36.2 Å². The highest BCUT2D eigenvalue weighted by Gasteiger charge is 2.17. The number of carbonyl (C=O) groups excluding carboxylic acids is 1. The molecular weight excluding hydrogens is 376 g/mol. The van der Waals surface area contributed by atoms with Crippen LogP contribution >= 0.6 is 11.8 Å². The number of ether oxygens (including phenoxy) is 2. The number of nitrogens with zero attached hydrogens (tertiary/aromatic N) is 3. The lowest BCUT2D eigenvalue weighted by atomic mass is 10.1. The Kier molecular flexibility index (Phi) is 5.21. The van der Waals surface area contributed by atoms with Crippen LogP contribution in [0.15, 0.2) is 47.6 Å². The van der Waals surface area contributed by atoms with E-state index in [2.05, 4.69) is 34.6 Å². The van der Waals surface area contributed by atoms with Crippen LogP contribution in [-0.2, 0) is 19.3 Å². The van der Waals surface area contributed by atoms with E-state index in [4.69, 9.17) is 9.47 Å². The van der Waals surface area contributed by atoms with E-state index in [9.17, 15) is 4.79 Å². The molecule has 0 atom stereocenters. The Bertz CT molecular complexity index is 1020. The number of hydrogen-bond acceptors (Lipinski definition) is 6. The minimum Gasteiger partial charge on any atom is -0.454 e. The summed E-state index contributed by atoms with van der Waals surface area (Å²) in [6.07, 6.45) is 0. The van der Waals surface area contributed by atoms with Crippen LogP contribution in [0.2, 0.25) is 0 Å². The second-order valence-corrected chi connectivity index (χ2v) is 7.37. The molecule has 0 radical (unpaired) electrons. The van der Waals surface area contributed by atoms with Crippen molar-refractivity contribution >= 4 is 17.7 Å². The zero-order valence-electron chi connectivity index (χ0n) is 15.6. The van der Waals surface area contributed by atoms with Crippen molar-refractivity contribution in [2.24, 2.45) is 7.05 Å². The van der Waals surface area contributed by atoms with E-state index in [1.54, 1.807) is 30.0 Å². The minimum absolute atomic E-state index is 0.183. The van der Waals surface area contributed by atoms with Crippen LogP contribution in [0, 0.1) is 6.92 Å². The van der Waals surface area contributed by atoms with E-state index in [1.807, 2.05) is 23.7 Å². The number of thioether (sulfide) groups is 1. The van der Waals surface area contributed by atoms with Gasteiger partial charge in [-0.15, -0.1) is 10.2 Å². The Balaban J connectivity index is 1.36. The highest BCUT2D eigenvalue weighted by Crippen LogP contribution is 2.32. The molecule has 0 saturated heterocycles. The lowest BCUT2D eigenvalue weighted by molar-refractivity contribution is 0.0949. The molecule has 0 fully saturated rings. The minimum atomic E-state index is -0.199. The van der Waals surface area contributed by atoms with Gasteiger partial charge >= 0.3 is 0 Å². The molecule has 144 valence electrons. The first-order valence-electron chi connectivity index (χ1n) is 8.85. The van der Waals surface area contributed by atoms with Crippen molar-refractivity contribution in [1.29, 1.82) is 0 Å². The maximum absolute atomic E-state index is 12.4. The smallest absolute Gasteiger partial charge is 0.251 e. The van der Waals surface area contributed by atoms with Crippen molar-refractivity contribution in [3.63, 3.8) is 0 Å². The van der Waals surface area contributed by atoms with Gasteiger partial charge in [-0.3, -0.25) is 4.79 Å². The largest absolute Gasteiger partial charge is 0.454 e. The molecule has 0 spiro atoms. The number of aromatic nitrogens is 3. The number of aryl methyl sites for hydroxylation is 1. The van der Waals surface area contributed by atoms with Gasteiger partial charge < -0.3 is 19.4 Å². The first-order chi connectivity index (χ1) is 13.6. The number of carbonyl (C=O) groups is 1. The molecule has 0 bridgehead atoms. The molecule has 1 aliphatic heterocycles. The predicted octanol–water partition coefficient (Wildman–Crippen LogP) is 3.07. The van der Waals surface area contributed by atoms with E-state index in [0.717, 1.165) is 10.9 Å². The van der Waals surface area contributed by atoms with Gasteiger partial charge in [0.15, 0.2) is 22.5 Å². The van der Waals surface area contributed by atoms with Crippen molar-refractivity contribution in [3.05, 3.63) is 65.0 Å². The normalized spacial score (nSPS) is 12.2. The van der Waals surface area contributed by atoms with Crippen LogP contribution < -0.4 is 14.8 Å². The summed E-state index contributed by atoms with van der Waals surface area (Å²) in [7, 11) is 1.91. The van der Waals surface area contributed by atoms with Crippen LogP contribution in [0.4, 0.5) is 0 Å². The summed E-state index contributed by atoms with van der Waals surface area (Å²) in [6, 6.07) is 13.4. The van der Waals surface area contributed by atoms with Gasteiger partial charge in [-0.25, -0.2) is 0 Å². The molecule has 7 nitrogen and oxygen atoms in total. The first kappa shape index (κ1) is 18.4. The fourth-order valence-electron chi connectivity index (χ4n) is 2.84. The number of benzene rings is 2. The van der Waals surface area contributed by atoms with Crippen molar-refractivity contribution in [2.75, 3.05) is 6.79 Å². The standard InChI is InChI=1S/C20H20N4O3S/c1-13-5-3-4-6-15(13)11-28-20-23-22-18(24(20)2)10-21-19(25)14-7-8-16-17(9-14)27-12-26-16/h3-9H,10-12H2,1-2H3,(H,21,25). The van der Waals surface area contributed by atoms with Crippen LogP contribution in [0.1, 0.15) is 27.3 Å². The summed E-state index contributed by atoms with van der Waals surface area (Å²) in [6.45, 7) is 2.58. The van der Waals surface area contributed by atoms with Crippen LogP contribution in [-0.4, -0.2) is 27.5 Å². The quantitative estimate of drug-likeness (QED) is 0.645. The van der Waals surface area contributed by atoms with Crippen molar-refractivity contribution in [3.8, 4) is 11.5 Å². The zero-order valence-corrected chi connectivity index (χ0v) is 16.5. The van der Waals surface area contributed by atoms with E-state index in [1.165, 1.54) is 11.1 Å². The molecule has 0 saturated carbocycles. The number of hydrogen-bond donors (Lipinski definition) is 1. The Morgan fingerprint density at radius 1 is 1.18 bits per heavy atom. The molecule has 0 aliphatic carbocycles. The molecule has 3 aromatic rings. The average molecular weight is 396 g/mol. The topological polar surface area (TPSA) is 78.3 Å². The average Bonchev–Trinajstić information content (AvgIpc) is 3.31. The third-order valence-corrected chi connectivity index (χ3v) is 5.65. The number of amides is 1. The molecule has 0 unspecified atom stereocenters. The van der Waals surface area contributed by atoms with Crippen LogP contribution in [0.25, 0.3) is 0 Å². The number of rotatable bonds is 6. The Morgan fingerprint density at radius 3 is 2.86 bits per heavy atom. The molecule has 1 aromatic heterocycles. The van der Waals surface area contributed by atoms with E-state index in [-0.39, 0.29) is 12.7 Å². The second kappa shape index (κ2) is 7.93. The fourth-order valence-corrected chi connectivity index (χ4v) is 3.84. The number of nitrogens with one attached hydrogen (secondary N) is 1. The Hall–Kier alpha value is -3.00. The molecule has 1 amide bonds. The molecule has 2 heterocycles. The van der Waals surface area contributed by atoms with Gasteiger partial charge in [-0.2, -0.15) is 0 Å². The zero-order chi connectivity index (χ0) is 19.5. The fraction of sp³-hybridized carbons (Fsp3) is 0.250. The highest BCUT2D eigenvalue weighted by molar-refractivity contribution is 7.98. The summed E-state index contributed by atoms with van der Waals surface area (Å²) in [5.41, 5.74) is 3.04. The lowest BCUT2D eigenvalue weighted by Crippen LogP contribution is -2.24. The molecule has 4 rings (SSSR count). The predicted molar refractivity (Wildman–Crippen MR) is 105 cm³/mol. The molecule has 28 heavy (non-hydrogen) atoms. The Morgan fingerprint density at radius 2 is 2.00 bits per heavy atom. The van der Waals surface area contributed by atoms with E-state index in [0.29, 0.717) is 29.4 Å². The van der Waals surface area contributed by atoms with Gasteiger partial charge in [0.2, 0.25) is 6.79 Å². The van der Waals surface area contributed by atoms with Crippen molar-refractivity contribution in [1.82, 2.24) is 20.1 Å². The van der Waals surface area contributed by atoms with E-state index < -0.39 is 0 Å². The second-order valence-electron chi connectivity index (χ2n) is 6.42. The number of fused-ring (bicyclic) bond motifs is 1. The third kappa shape index (κ3) is 3.82. The van der Waals surface area contributed by atoms with E-state index >= 15 is 0 Å². The van der Waals surface area contributed by atoms with Gasteiger partial charge in [0, 0.05) is 18.4 Å². The molecule has 2 aromatic carbocycles. The van der Waals surface area contributed by atoms with Crippen LogP contribution in [0.3, 0.4) is 0 Å². The maximum atomic E-state index is 12.4.